The van der Waals surface area contributed by atoms with Crippen LogP contribution in [0.4, 0.5) is 14.9 Å². The fourth-order valence-electron chi connectivity index (χ4n) is 1.57. The fourth-order valence-corrected chi connectivity index (χ4v) is 1.57. The summed E-state index contributed by atoms with van der Waals surface area (Å²) in [7, 11) is 0. The minimum absolute atomic E-state index is 0.0662. The van der Waals surface area contributed by atoms with Gasteiger partial charge in [0.15, 0.2) is 0 Å². The maximum absolute atomic E-state index is 13.6. The third kappa shape index (κ3) is 3.90. The van der Waals surface area contributed by atoms with Crippen LogP contribution in [0.1, 0.15) is 10.4 Å². The van der Waals surface area contributed by atoms with Crippen LogP contribution in [-0.4, -0.2) is 58.5 Å². The molecule has 7 nitrogen and oxygen atoms in total. The number of carbonyl (C=O) groups excluding carboxylic acids is 1. The predicted octanol–water partition coefficient (Wildman–Crippen LogP) is 0.342. The Labute approximate surface area is 114 Å². The summed E-state index contributed by atoms with van der Waals surface area (Å²) in [6.07, 6.45) is 0. The van der Waals surface area contributed by atoms with Crippen LogP contribution in [0.5, 0.6) is 0 Å². The van der Waals surface area contributed by atoms with Gasteiger partial charge in [-0.15, -0.1) is 0 Å². The van der Waals surface area contributed by atoms with Crippen LogP contribution in [0, 0.1) is 5.82 Å². The van der Waals surface area contributed by atoms with E-state index in [0.29, 0.717) is 0 Å². The zero-order valence-electron chi connectivity index (χ0n) is 10.5. The molecule has 2 amide bonds. The van der Waals surface area contributed by atoms with Crippen molar-refractivity contribution in [2.24, 2.45) is 0 Å². The summed E-state index contributed by atoms with van der Waals surface area (Å²) in [6, 6.07) is 2.59. The van der Waals surface area contributed by atoms with Crippen molar-refractivity contribution in [2.75, 3.05) is 31.6 Å². The molecule has 20 heavy (non-hydrogen) atoms. The smallest absolute Gasteiger partial charge is 0.337 e. The number of para-hydroxylation sites is 1. The van der Waals surface area contributed by atoms with Gasteiger partial charge in [0.25, 0.3) is 0 Å². The Hall–Kier alpha value is -2.19. The lowest BCUT2D eigenvalue weighted by Gasteiger charge is -2.21. The number of amides is 2. The Kier molecular flexibility index (Phi) is 5.88. The molecular formula is C12H15FN2O5. The minimum Gasteiger partial charge on any atom is -0.478 e. The molecular weight excluding hydrogens is 271 g/mol. The number of benzene rings is 1. The third-order valence-electron chi connectivity index (χ3n) is 2.50. The number of carboxylic acids is 1. The van der Waals surface area contributed by atoms with Gasteiger partial charge in [0.05, 0.1) is 24.5 Å². The van der Waals surface area contributed by atoms with Crippen molar-refractivity contribution < 1.29 is 29.3 Å². The third-order valence-corrected chi connectivity index (χ3v) is 2.50. The Morgan fingerprint density at radius 2 is 1.80 bits per heavy atom. The summed E-state index contributed by atoms with van der Waals surface area (Å²) >= 11 is 0. The molecule has 0 radical (unpaired) electrons. The number of hydrogen-bond donors (Lipinski definition) is 4. The van der Waals surface area contributed by atoms with E-state index in [2.05, 4.69) is 5.32 Å². The van der Waals surface area contributed by atoms with Gasteiger partial charge in [0.2, 0.25) is 0 Å². The monoisotopic (exact) mass is 286 g/mol. The first kappa shape index (κ1) is 15.9. The summed E-state index contributed by atoms with van der Waals surface area (Å²) in [4.78, 5) is 23.9. The first-order valence-electron chi connectivity index (χ1n) is 5.80. The summed E-state index contributed by atoms with van der Waals surface area (Å²) in [5.41, 5.74) is -0.836. The topological polar surface area (TPSA) is 110 Å². The van der Waals surface area contributed by atoms with Gasteiger partial charge in [-0.25, -0.2) is 14.0 Å². The van der Waals surface area contributed by atoms with Crippen molar-refractivity contribution in [3.63, 3.8) is 0 Å². The first-order chi connectivity index (χ1) is 9.51. The molecule has 1 rings (SSSR count). The lowest BCUT2D eigenvalue weighted by molar-refractivity contribution is 0.0697. The molecule has 0 aliphatic rings. The van der Waals surface area contributed by atoms with E-state index in [4.69, 9.17) is 15.3 Å². The molecule has 110 valence electrons. The van der Waals surface area contributed by atoms with E-state index >= 15 is 0 Å². The van der Waals surface area contributed by atoms with E-state index in [0.717, 1.165) is 17.0 Å². The number of anilines is 1. The van der Waals surface area contributed by atoms with E-state index in [1.165, 1.54) is 6.07 Å². The summed E-state index contributed by atoms with van der Waals surface area (Å²) in [5.74, 6) is -2.26. The SMILES string of the molecule is O=C(O)c1cccc(F)c1NC(=O)N(CCO)CCO. The molecule has 0 fully saturated rings. The average Bonchev–Trinajstić information content (AvgIpc) is 2.40. The Morgan fingerprint density at radius 1 is 1.20 bits per heavy atom. The van der Waals surface area contributed by atoms with Gasteiger partial charge in [0, 0.05) is 13.1 Å². The number of halogens is 1. The molecule has 0 unspecified atom stereocenters. The highest BCUT2D eigenvalue weighted by Crippen LogP contribution is 2.20. The van der Waals surface area contributed by atoms with E-state index in [9.17, 15) is 14.0 Å². The van der Waals surface area contributed by atoms with Crippen LogP contribution in [0.3, 0.4) is 0 Å². The van der Waals surface area contributed by atoms with E-state index in [1.54, 1.807) is 0 Å². The number of urea groups is 1. The van der Waals surface area contributed by atoms with Gasteiger partial charge in [-0.2, -0.15) is 0 Å². The Morgan fingerprint density at radius 3 is 2.30 bits per heavy atom. The highest BCUT2D eigenvalue weighted by molar-refractivity contribution is 6.00. The number of nitrogens with one attached hydrogen (secondary N) is 1. The molecule has 4 N–H and O–H groups in total. The van der Waals surface area contributed by atoms with Gasteiger partial charge in [-0.3, -0.25) is 0 Å². The number of hydrogen-bond acceptors (Lipinski definition) is 4. The molecule has 0 aromatic heterocycles. The quantitative estimate of drug-likeness (QED) is 0.603. The van der Waals surface area contributed by atoms with Crippen molar-refractivity contribution in [1.82, 2.24) is 4.90 Å². The second-order valence-electron chi connectivity index (χ2n) is 3.83. The summed E-state index contributed by atoms with van der Waals surface area (Å²) < 4.78 is 13.6. The molecule has 0 saturated carbocycles. The number of aliphatic hydroxyl groups is 2. The summed E-state index contributed by atoms with van der Waals surface area (Å²) in [5, 5.41) is 28.7. The number of nitrogens with zero attached hydrogens (tertiary/aromatic N) is 1. The molecule has 1 aromatic rings. The molecule has 1 aromatic carbocycles. The van der Waals surface area contributed by atoms with Crippen LogP contribution >= 0.6 is 0 Å². The van der Waals surface area contributed by atoms with Crippen LogP contribution < -0.4 is 5.32 Å². The maximum Gasteiger partial charge on any atom is 0.337 e. The van der Waals surface area contributed by atoms with Crippen LogP contribution in [-0.2, 0) is 0 Å². The van der Waals surface area contributed by atoms with Crippen molar-refractivity contribution in [3.05, 3.63) is 29.6 Å². The van der Waals surface area contributed by atoms with Gasteiger partial charge in [0.1, 0.15) is 5.82 Å². The van der Waals surface area contributed by atoms with Gasteiger partial charge >= 0.3 is 12.0 Å². The highest BCUT2D eigenvalue weighted by Gasteiger charge is 2.19. The number of aliphatic hydroxyl groups excluding tert-OH is 2. The first-order valence-corrected chi connectivity index (χ1v) is 5.80. The summed E-state index contributed by atoms with van der Waals surface area (Å²) in [6.45, 7) is -0.806. The Bertz CT molecular complexity index is 489. The van der Waals surface area contributed by atoms with Crippen LogP contribution in [0.15, 0.2) is 18.2 Å². The molecule has 0 aliphatic heterocycles. The Balaban J connectivity index is 2.97. The van der Waals surface area contributed by atoms with Gasteiger partial charge < -0.3 is 25.5 Å². The second-order valence-corrected chi connectivity index (χ2v) is 3.83. The lowest BCUT2D eigenvalue weighted by atomic mass is 10.1. The molecule has 0 bridgehead atoms. The maximum atomic E-state index is 13.6. The number of carboxylic acid groups (broad SMARTS) is 1. The molecule has 0 heterocycles. The normalized spacial score (nSPS) is 10.2. The van der Waals surface area contributed by atoms with E-state index in [-0.39, 0.29) is 31.9 Å². The molecule has 0 spiro atoms. The largest absolute Gasteiger partial charge is 0.478 e. The zero-order chi connectivity index (χ0) is 15.1. The highest BCUT2D eigenvalue weighted by atomic mass is 19.1. The van der Waals surface area contributed by atoms with E-state index in [1.807, 2.05) is 0 Å². The average molecular weight is 286 g/mol. The molecule has 0 atom stereocenters. The van der Waals surface area contributed by atoms with Crippen molar-refractivity contribution in [3.8, 4) is 0 Å². The lowest BCUT2D eigenvalue weighted by Crippen LogP contribution is -2.39. The number of carbonyl (C=O) groups is 2. The predicted molar refractivity (Wildman–Crippen MR) is 68.1 cm³/mol. The van der Waals surface area contributed by atoms with E-state index < -0.39 is 23.5 Å². The van der Waals surface area contributed by atoms with Crippen LogP contribution in [0.2, 0.25) is 0 Å². The fraction of sp³-hybridized carbons (Fsp3) is 0.333. The minimum atomic E-state index is -1.38. The van der Waals surface area contributed by atoms with Gasteiger partial charge in [-0.05, 0) is 12.1 Å². The molecule has 0 saturated heterocycles. The molecule has 8 heteroatoms. The van der Waals surface area contributed by atoms with Crippen molar-refractivity contribution in [2.45, 2.75) is 0 Å². The zero-order valence-corrected chi connectivity index (χ0v) is 10.5. The van der Waals surface area contributed by atoms with Gasteiger partial charge in [-0.1, -0.05) is 6.07 Å². The number of rotatable bonds is 6. The molecule has 0 aliphatic carbocycles. The van der Waals surface area contributed by atoms with Crippen molar-refractivity contribution in [1.29, 1.82) is 0 Å². The standard InChI is InChI=1S/C12H15FN2O5/c13-9-3-1-2-8(11(18)19)10(9)14-12(20)15(4-6-16)5-7-17/h1-3,16-17H,4-7H2,(H,14,20)(H,18,19). The second kappa shape index (κ2) is 7.41. The van der Waals surface area contributed by atoms with Crippen LogP contribution in [0.25, 0.3) is 0 Å². The van der Waals surface area contributed by atoms with Crippen molar-refractivity contribution >= 4 is 17.7 Å². The number of aromatic carboxylic acids is 1.